The van der Waals surface area contributed by atoms with Gasteiger partial charge in [-0.1, -0.05) is 60.7 Å². The van der Waals surface area contributed by atoms with E-state index >= 15 is 0 Å². The van der Waals surface area contributed by atoms with E-state index in [-0.39, 0.29) is 6.54 Å². The first-order chi connectivity index (χ1) is 12.1. The molecule has 132 valence electrons. The second kappa shape index (κ2) is 9.56. The van der Waals surface area contributed by atoms with E-state index in [1.807, 2.05) is 65.6 Å². The van der Waals surface area contributed by atoms with Gasteiger partial charge in [-0.2, -0.15) is 0 Å². The van der Waals surface area contributed by atoms with Crippen molar-refractivity contribution < 1.29 is 19.8 Å². The fraction of sp³-hybridized carbons (Fsp3) is 0.263. The van der Waals surface area contributed by atoms with Crippen LogP contribution in [0.3, 0.4) is 0 Å². The highest BCUT2D eigenvalue weighted by atomic mass is 16.4. The normalized spacial score (nSPS) is 11.9. The number of aliphatic hydroxyl groups excluding tert-OH is 1. The molecule has 0 radical (unpaired) electrons. The Hall–Kier alpha value is -2.70. The van der Waals surface area contributed by atoms with Gasteiger partial charge in [0.1, 0.15) is 6.04 Å². The second-order valence-corrected chi connectivity index (χ2v) is 5.76. The molecule has 0 heterocycles. The van der Waals surface area contributed by atoms with E-state index in [9.17, 15) is 9.59 Å². The van der Waals surface area contributed by atoms with Crippen molar-refractivity contribution in [1.29, 1.82) is 0 Å². The van der Waals surface area contributed by atoms with Crippen LogP contribution in [0, 0.1) is 0 Å². The SMILES string of the molecule is O=C(CN(Cc1ccccc1)Cc1ccccc1)NC(CO)C(=O)O. The van der Waals surface area contributed by atoms with Crippen molar-refractivity contribution in [2.24, 2.45) is 0 Å². The maximum absolute atomic E-state index is 12.2. The van der Waals surface area contributed by atoms with Crippen LogP contribution in [0.1, 0.15) is 11.1 Å². The highest BCUT2D eigenvalue weighted by Gasteiger charge is 2.20. The van der Waals surface area contributed by atoms with Crippen molar-refractivity contribution in [2.45, 2.75) is 19.1 Å². The number of rotatable bonds is 9. The fourth-order valence-electron chi connectivity index (χ4n) is 2.48. The minimum atomic E-state index is -1.29. The van der Waals surface area contributed by atoms with Gasteiger partial charge in [0.25, 0.3) is 0 Å². The summed E-state index contributed by atoms with van der Waals surface area (Å²) in [5.74, 6) is -1.69. The Morgan fingerprint density at radius 2 is 1.40 bits per heavy atom. The standard InChI is InChI=1S/C19H22N2O4/c22-14-17(19(24)25)20-18(23)13-21(11-15-7-3-1-4-8-15)12-16-9-5-2-6-10-16/h1-10,17,22H,11-14H2,(H,20,23)(H,24,25). The van der Waals surface area contributed by atoms with Crippen molar-refractivity contribution in [3.63, 3.8) is 0 Å². The molecule has 0 saturated heterocycles. The Bertz CT molecular complexity index is 635. The van der Waals surface area contributed by atoms with Gasteiger partial charge in [0, 0.05) is 13.1 Å². The molecule has 6 heteroatoms. The van der Waals surface area contributed by atoms with Crippen LogP contribution in [-0.4, -0.2) is 46.2 Å². The smallest absolute Gasteiger partial charge is 0.328 e. The van der Waals surface area contributed by atoms with Gasteiger partial charge in [0.15, 0.2) is 0 Å². The summed E-state index contributed by atoms with van der Waals surface area (Å²) in [5, 5.41) is 20.3. The summed E-state index contributed by atoms with van der Waals surface area (Å²) in [6, 6.07) is 18.2. The lowest BCUT2D eigenvalue weighted by molar-refractivity contribution is -0.143. The molecule has 0 aromatic heterocycles. The number of nitrogens with zero attached hydrogens (tertiary/aromatic N) is 1. The van der Waals surface area contributed by atoms with Gasteiger partial charge >= 0.3 is 5.97 Å². The molecule has 2 rings (SSSR count). The quantitative estimate of drug-likeness (QED) is 0.638. The zero-order valence-electron chi connectivity index (χ0n) is 13.8. The number of carboxylic acid groups (broad SMARTS) is 1. The predicted molar refractivity (Wildman–Crippen MR) is 93.7 cm³/mol. The number of aliphatic carboxylic acids is 1. The number of carbonyl (C=O) groups is 2. The van der Waals surface area contributed by atoms with Crippen LogP contribution in [0.2, 0.25) is 0 Å². The lowest BCUT2D eigenvalue weighted by Gasteiger charge is -2.23. The third kappa shape index (κ3) is 6.37. The number of aliphatic hydroxyl groups is 1. The summed E-state index contributed by atoms with van der Waals surface area (Å²) in [7, 11) is 0. The van der Waals surface area contributed by atoms with E-state index in [0.29, 0.717) is 13.1 Å². The summed E-state index contributed by atoms with van der Waals surface area (Å²) in [6.07, 6.45) is 0. The highest BCUT2D eigenvalue weighted by Crippen LogP contribution is 2.09. The van der Waals surface area contributed by atoms with Gasteiger partial charge in [0.2, 0.25) is 5.91 Å². The first-order valence-electron chi connectivity index (χ1n) is 8.01. The van der Waals surface area contributed by atoms with E-state index in [0.717, 1.165) is 11.1 Å². The Morgan fingerprint density at radius 3 is 1.80 bits per heavy atom. The number of nitrogens with one attached hydrogen (secondary N) is 1. The monoisotopic (exact) mass is 342 g/mol. The molecule has 0 aliphatic carbocycles. The molecule has 0 bridgehead atoms. The van der Waals surface area contributed by atoms with Crippen molar-refractivity contribution in [2.75, 3.05) is 13.2 Å². The summed E-state index contributed by atoms with van der Waals surface area (Å²) in [6.45, 7) is 0.506. The van der Waals surface area contributed by atoms with Gasteiger partial charge in [-0.05, 0) is 11.1 Å². The van der Waals surface area contributed by atoms with Crippen molar-refractivity contribution in [3.8, 4) is 0 Å². The van der Waals surface area contributed by atoms with E-state index in [1.165, 1.54) is 0 Å². The minimum Gasteiger partial charge on any atom is -0.480 e. The molecule has 1 amide bonds. The maximum atomic E-state index is 12.2. The summed E-state index contributed by atoms with van der Waals surface area (Å²) < 4.78 is 0. The summed E-state index contributed by atoms with van der Waals surface area (Å²) in [5.41, 5.74) is 2.12. The average molecular weight is 342 g/mol. The largest absolute Gasteiger partial charge is 0.480 e. The molecule has 1 unspecified atom stereocenters. The molecule has 0 aliphatic rings. The molecular formula is C19H22N2O4. The molecule has 6 nitrogen and oxygen atoms in total. The van der Waals surface area contributed by atoms with Crippen LogP contribution in [0.4, 0.5) is 0 Å². The van der Waals surface area contributed by atoms with Gasteiger partial charge in [-0.25, -0.2) is 4.79 Å². The zero-order chi connectivity index (χ0) is 18.1. The summed E-state index contributed by atoms with van der Waals surface area (Å²) in [4.78, 5) is 25.1. The van der Waals surface area contributed by atoms with Gasteiger partial charge in [-0.3, -0.25) is 9.69 Å². The molecule has 2 aromatic carbocycles. The number of hydrogen-bond acceptors (Lipinski definition) is 4. The van der Waals surface area contributed by atoms with Crippen molar-refractivity contribution in [3.05, 3.63) is 71.8 Å². The molecular weight excluding hydrogens is 320 g/mol. The van der Waals surface area contributed by atoms with Crippen LogP contribution in [0.5, 0.6) is 0 Å². The molecule has 25 heavy (non-hydrogen) atoms. The Kier molecular flexibility index (Phi) is 7.13. The van der Waals surface area contributed by atoms with Gasteiger partial charge < -0.3 is 15.5 Å². The Morgan fingerprint density at radius 1 is 0.920 bits per heavy atom. The van der Waals surface area contributed by atoms with E-state index in [1.54, 1.807) is 0 Å². The number of carbonyl (C=O) groups excluding carboxylic acids is 1. The minimum absolute atomic E-state index is 0.0353. The molecule has 3 N–H and O–H groups in total. The molecule has 0 fully saturated rings. The first-order valence-corrected chi connectivity index (χ1v) is 8.01. The Balaban J connectivity index is 2.05. The Labute approximate surface area is 146 Å². The van der Waals surface area contributed by atoms with Crippen LogP contribution in [0.25, 0.3) is 0 Å². The van der Waals surface area contributed by atoms with E-state index in [2.05, 4.69) is 5.32 Å². The van der Waals surface area contributed by atoms with E-state index in [4.69, 9.17) is 10.2 Å². The van der Waals surface area contributed by atoms with Crippen LogP contribution >= 0.6 is 0 Å². The molecule has 0 saturated carbocycles. The molecule has 2 aromatic rings. The third-order valence-electron chi connectivity index (χ3n) is 3.68. The van der Waals surface area contributed by atoms with Crippen LogP contribution in [0.15, 0.2) is 60.7 Å². The predicted octanol–water partition coefficient (Wildman–Crippen LogP) is 1.25. The first kappa shape index (κ1) is 18.6. The topological polar surface area (TPSA) is 89.9 Å². The number of carboxylic acids is 1. The lowest BCUT2D eigenvalue weighted by atomic mass is 10.1. The third-order valence-corrected chi connectivity index (χ3v) is 3.68. The zero-order valence-corrected chi connectivity index (χ0v) is 13.8. The molecule has 0 spiro atoms. The average Bonchev–Trinajstić information content (AvgIpc) is 2.61. The fourth-order valence-corrected chi connectivity index (χ4v) is 2.48. The highest BCUT2D eigenvalue weighted by molar-refractivity contribution is 5.84. The number of amides is 1. The van der Waals surface area contributed by atoms with Crippen molar-refractivity contribution >= 4 is 11.9 Å². The van der Waals surface area contributed by atoms with Crippen LogP contribution < -0.4 is 5.32 Å². The van der Waals surface area contributed by atoms with Gasteiger partial charge in [0.05, 0.1) is 13.2 Å². The lowest BCUT2D eigenvalue weighted by Crippen LogP contribution is -2.47. The number of hydrogen-bond donors (Lipinski definition) is 3. The van der Waals surface area contributed by atoms with Gasteiger partial charge in [-0.15, -0.1) is 0 Å². The number of benzene rings is 2. The molecule has 0 aliphatic heterocycles. The van der Waals surface area contributed by atoms with E-state index < -0.39 is 24.5 Å². The van der Waals surface area contributed by atoms with Crippen LogP contribution in [-0.2, 0) is 22.7 Å². The second-order valence-electron chi connectivity index (χ2n) is 5.76. The molecule has 1 atom stereocenters. The maximum Gasteiger partial charge on any atom is 0.328 e. The van der Waals surface area contributed by atoms with Crippen molar-refractivity contribution in [1.82, 2.24) is 10.2 Å². The summed E-state index contributed by atoms with van der Waals surface area (Å²) >= 11 is 0.